The third-order valence-corrected chi connectivity index (χ3v) is 5.79. The van der Waals surface area contributed by atoms with E-state index in [0.29, 0.717) is 35.8 Å². The van der Waals surface area contributed by atoms with Gasteiger partial charge in [0.05, 0.1) is 19.3 Å². The summed E-state index contributed by atoms with van der Waals surface area (Å²) in [6.45, 7) is 0.723. The van der Waals surface area contributed by atoms with Crippen LogP contribution < -0.4 is 4.74 Å². The van der Waals surface area contributed by atoms with E-state index >= 15 is 0 Å². The molecule has 0 aromatic heterocycles. The van der Waals surface area contributed by atoms with Crippen molar-refractivity contribution in [3.8, 4) is 5.75 Å². The number of ketones is 1. The number of allylic oxidation sites excluding steroid dienone is 1. The summed E-state index contributed by atoms with van der Waals surface area (Å²) in [6.07, 6.45) is 7.75. The summed E-state index contributed by atoms with van der Waals surface area (Å²) in [5, 5.41) is 9.25. The maximum Gasteiger partial charge on any atom is 0.329 e. The zero-order chi connectivity index (χ0) is 20.6. The number of rotatable bonds is 9. The summed E-state index contributed by atoms with van der Waals surface area (Å²) in [4.78, 5) is 22.7. The van der Waals surface area contributed by atoms with Crippen LogP contribution in [0.3, 0.4) is 0 Å². The highest BCUT2D eigenvalue weighted by Gasteiger charge is 2.37. The fourth-order valence-corrected chi connectivity index (χ4v) is 4.29. The quantitative estimate of drug-likeness (QED) is 0.610. The SMILES string of the molecule is O=C(O)COC[C@H]1CC[C@H]2[C@H](CC[C@@H]2/C=C/C(=O)COc2cccc(Cl)c2)OC1. The molecule has 29 heavy (non-hydrogen) atoms. The normalized spacial score (nSPS) is 26.8. The Morgan fingerprint density at radius 3 is 2.86 bits per heavy atom. The van der Waals surface area contributed by atoms with Gasteiger partial charge in [0.15, 0.2) is 12.4 Å². The van der Waals surface area contributed by atoms with Gasteiger partial charge < -0.3 is 19.3 Å². The van der Waals surface area contributed by atoms with Crippen molar-refractivity contribution in [2.75, 3.05) is 26.4 Å². The average molecular weight is 423 g/mol. The zero-order valence-corrected chi connectivity index (χ0v) is 17.1. The average Bonchev–Trinajstić information content (AvgIpc) is 2.96. The molecule has 2 aliphatic rings. The second-order valence-electron chi connectivity index (χ2n) is 7.70. The number of carbonyl (C=O) groups is 2. The minimum Gasteiger partial charge on any atom is -0.485 e. The Kier molecular flexibility index (Phi) is 8.09. The van der Waals surface area contributed by atoms with E-state index in [1.165, 1.54) is 0 Å². The van der Waals surface area contributed by atoms with Gasteiger partial charge in [-0.25, -0.2) is 4.79 Å². The molecule has 1 aliphatic heterocycles. The molecule has 2 fully saturated rings. The highest BCUT2D eigenvalue weighted by molar-refractivity contribution is 6.30. The molecular formula is C22H27ClO6. The van der Waals surface area contributed by atoms with Crippen molar-refractivity contribution in [3.63, 3.8) is 0 Å². The first-order valence-electron chi connectivity index (χ1n) is 10.0. The summed E-state index contributed by atoms with van der Waals surface area (Å²) < 4.78 is 16.8. The second-order valence-corrected chi connectivity index (χ2v) is 8.14. The lowest BCUT2D eigenvalue weighted by Crippen LogP contribution is -2.21. The van der Waals surface area contributed by atoms with E-state index in [9.17, 15) is 9.59 Å². The highest BCUT2D eigenvalue weighted by Crippen LogP contribution is 2.41. The molecule has 0 amide bonds. The van der Waals surface area contributed by atoms with Gasteiger partial charge in [-0.05, 0) is 61.8 Å². The Hall–Kier alpha value is -1.89. The zero-order valence-electron chi connectivity index (χ0n) is 16.3. The maximum atomic E-state index is 12.2. The van der Waals surface area contributed by atoms with Crippen molar-refractivity contribution in [1.82, 2.24) is 0 Å². The Bertz CT molecular complexity index is 734. The molecule has 7 heteroatoms. The first-order valence-corrected chi connectivity index (χ1v) is 10.4. The summed E-state index contributed by atoms with van der Waals surface area (Å²) in [7, 11) is 0. The lowest BCUT2D eigenvalue weighted by Gasteiger charge is -2.20. The number of aliphatic carboxylic acids is 1. The van der Waals surface area contributed by atoms with Crippen LogP contribution in [0.1, 0.15) is 25.7 Å². The van der Waals surface area contributed by atoms with E-state index in [0.717, 1.165) is 25.7 Å². The number of carboxylic acids is 1. The number of hydrogen-bond acceptors (Lipinski definition) is 5. The molecule has 0 unspecified atom stereocenters. The summed E-state index contributed by atoms with van der Waals surface area (Å²) in [5.74, 6) is 0.463. The Morgan fingerprint density at radius 1 is 1.21 bits per heavy atom. The Morgan fingerprint density at radius 2 is 2.07 bits per heavy atom. The molecule has 1 saturated heterocycles. The van der Waals surface area contributed by atoms with Gasteiger partial charge in [0.25, 0.3) is 0 Å². The predicted octanol–water partition coefficient (Wildman–Crippen LogP) is 3.77. The first-order chi connectivity index (χ1) is 14.0. The van der Waals surface area contributed by atoms with Crippen LogP contribution in [0.25, 0.3) is 0 Å². The first kappa shape index (κ1) is 21.8. The molecule has 1 N–H and O–H groups in total. The molecule has 1 aliphatic carbocycles. The molecule has 4 atom stereocenters. The van der Waals surface area contributed by atoms with Gasteiger partial charge in [-0.1, -0.05) is 23.7 Å². The molecule has 1 aromatic carbocycles. The number of fused-ring (bicyclic) bond motifs is 1. The smallest absolute Gasteiger partial charge is 0.329 e. The van der Waals surface area contributed by atoms with Crippen LogP contribution in [0, 0.1) is 17.8 Å². The molecule has 158 valence electrons. The topological polar surface area (TPSA) is 82.1 Å². The number of ether oxygens (including phenoxy) is 3. The lowest BCUT2D eigenvalue weighted by molar-refractivity contribution is -0.143. The van der Waals surface area contributed by atoms with Gasteiger partial charge >= 0.3 is 5.97 Å². The molecule has 0 spiro atoms. The summed E-state index contributed by atoms with van der Waals surface area (Å²) in [6, 6.07) is 6.98. The number of benzene rings is 1. The molecular weight excluding hydrogens is 396 g/mol. The summed E-state index contributed by atoms with van der Waals surface area (Å²) in [5.41, 5.74) is 0. The Balaban J connectivity index is 1.45. The van der Waals surface area contributed by atoms with E-state index in [1.807, 2.05) is 6.08 Å². The number of halogens is 1. The summed E-state index contributed by atoms with van der Waals surface area (Å²) >= 11 is 5.91. The fraction of sp³-hybridized carbons (Fsp3) is 0.545. The fourth-order valence-electron chi connectivity index (χ4n) is 4.11. The Labute approximate surface area is 175 Å². The van der Waals surface area contributed by atoms with Gasteiger partial charge in [-0.2, -0.15) is 0 Å². The van der Waals surface area contributed by atoms with Gasteiger partial charge in [-0.3, -0.25) is 4.79 Å². The van der Waals surface area contributed by atoms with E-state index < -0.39 is 5.97 Å². The van der Waals surface area contributed by atoms with Gasteiger partial charge in [0.2, 0.25) is 0 Å². The van der Waals surface area contributed by atoms with Crippen molar-refractivity contribution in [3.05, 3.63) is 41.4 Å². The lowest BCUT2D eigenvalue weighted by atomic mass is 9.88. The van der Waals surface area contributed by atoms with Crippen molar-refractivity contribution in [1.29, 1.82) is 0 Å². The van der Waals surface area contributed by atoms with Crippen LogP contribution >= 0.6 is 11.6 Å². The van der Waals surface area contributed by atoms with Crippen LogP contribution in [0.4, 0.5) is 0 Å². The predicted molar refractivity (Wildman–Crippen MR) is 108 cm³/mol. The van der Waals surface area contributed by atoms with Crippen LogP contribution in [0.5, 0.6) is 5.75 Å². The van der Waals surface area contributed by atoms with E-state index in [-0.39, 0.29) is 31.0 Å². The van der Waals surface area contributed by atoms with Crippen molar-refractivity contribution >= 4 is 23.4 Å². The molecule has 1 aromatic rings. The largest absolute Gasteiger partial charge is 0.485 e. The van der Waals surface area contributed by atoms with E-state index in [1.54, 1.807) is 30.3 Å². The molecule has 0 bridgehead atoms. The highest BCUT2D eigenvalue weighted by atomic mass is 35.5. The number of carbonyl (C=O) groups excluding carboxylic acids is 1. The number of hydrogen-bond donors (Lipinski definition) is 1. The third kappa shape index (κ3) is 6.84. The third-order valence-electron chi connectivity index (χ3n) is 5.55. The molecule has 6 nitrogen and oxygen atoms in total. The van der Waals surface area contributed by atoms with Crippen molar-refractivity contribution < 1.29 is 28.9 Å². The van der Waals surface area contributed by atoms with Crippen molar-refractivity contribution in [2.45, 2.75) is 31.8 Å². The van der Waals surface area contributed by atoms with Crippen LogP contribution in [0.2, 0.25) is 5.02 Å². The van der Waals surface area contributed by atoms with Crippen LogP contribution in [-0.2, 0) is 19.1 Å². The standard InChI is InChI=1S/C22H27ClO6/c23-17-2-1-3-19(10-17)28-13-18(24)7-5-16-6-9-21-20(16)8-4-15(12-29-21)11-27-14-22(25)26/h1-3,5,7,10,15-16,20-21H,4,6,8-9,11-14H2,(H,25,26)/b7-5+/t15-,16+,20-,21+/m1/s1. The molecule has 1 saturated carbocycles. The van der Waals surface area contributed by atoms with Crippen LogP contribution in [-0.4, -0.2) is 49.4 Å². The minimum absolute atomic E-state index is 0.0167. The van der Waals surface area contributed by atoms with Crippen LogP contribution in [0.15, 0.2) is 36.4 Å². The minimum atomic E-state index is -0.953. The van der Waals surface area contributed by atoms with Gasteiger partial charge in [-0.15, -0.1) is 0 Å². The molecule has 3 rings (SSSR count). The number of carboxylic acid groups (broad SMARTS) is 1. The molecule has 1 heterocycles. The second kappa shape index (κ2) is 10.8. The molecule has 0 radical (unpaired) electrons. The monoisotopic (exact) mass is 422 g/mol. The van der Waals surface area contributed by atoms with Gasteiger partial charge in [0, 0.05) is 10.9 Å². The van der Waals surface area contributed by atoms with Gasteiger partial charge in [0.1, 0.15) is 12.4 Å². The maximum absolute atomic E-state index is 12.2. The van der Waals surface area contributed by atoms with E-state index in [2.05, 4.69) is 0 Å². The van der Waals surface area contributed by atoms with E-state index in [4.69, 9.17) is 30.9 Å². The van der Waals surface area contributed by atoms with Crippen molar-refractivity contribution in [2.24, 2.45) is 17.8 Å².